The van der Waals surface area contributed by atoms with Crippen molar-refractivity contribution in [2.75, 3.05) is 0 Å². The molecule has 1 rings (SSSR count). The fourth-order valence-corrected chi connectivity index (χ4v) is 1.37. The number of nitriles is 1. The van der Waals surface area contributed by atoms with Gasteiger partial charge in [-0.3, -0.25) is 0 Å². The van der Waals surface area contributed by atoms with Gasteiger partial charge in [-0.15, -0.1) is 12.6 Å². The topological polar surface area (TPSA) is 23.8 Å². The van der Waals surface area contributed by atoms with Gasteiger partial charge in [0, 0.05) is 8.47 Å². The number of thiol groups is 1. The summed E-state index contributed by atoms with van der Waals surface area (Å²) in [7, 11) is 0. The molecule has 0 aliphatic carbocycles. The first-order valence-corrected chi connectivity index (χ1v) is 4.26. The van der Waals surface area contributed by atoms with Crippen LogP contribution >= 0.6 is 35.2 Å². The third-order valence-corrected chi connectivity index (χ3v) is 2.43. The van der Waals surface area contributed by atoms with Gasteiger partial charge < -0.3 is 0 Å². The van der Waals surface area contributed by atoms with E-state index >= 15 is 0 Å². The molecule has 0 saturated carbocycles. The van der Waals surface area contributed by atoms with E-state index in [9.17, 15) is 4.39 Å². The normalized spacial score (nSPS) is 9.27. The summed E-state index contributed by atoms with van der Waals surface area (Å²) < 4.78 is 13.6. The highest BCUT2D eigenvalue weighted by Gasteiger charge is 2.08. The van der Waals surface area contributed by atoms with Crippen LogP contribution in [0.4, 0.5) is 4.39 Å². The molecule has 0 atom stereocenters. The standard InChI is InChI=1S/C7H3FINS/c8-7-4(3-10)5(9)1-2-6(7)11/h1-2,11H. The Labute approximate surface area is 82.8 Å². The zero-order valence-electron chi connectivity index (χ0n) is 5.31. The Morgan fingerprint density at radius 3 is 2.64 bits per heavy atom. The molecular formula is C7H3FINS. The summed E-state index contributed by atoms with van der Waals surface area (Å²) in [6, 6.07) is 4.96. The van der Waals surface area contributed by atoms with Crippen molar-refractivity contribution in [1.82, 2.24) is 0 Å². The first-order valence-electron chi connectivity index (χ1n) is 2.74. The lowest BCUT2D eigenvalue weighted by Crippen LogP contribution is -1.89. The number of hydrogen-bond donors (Lipinski definition) is 1. The summed E-state index contributed by atoms with van der Waals surface area (Å²) in [5.41, 5.74) is 0.0677. The molecule has 1 aromatic rings. The summed E-state index contributed by atoms with van der Waals surface area (Å²) >= 11 is 5.75. The third-order valence-electron chi connectivity index (χ3n) is 1.18. The maximum absolute atomic E-state index is 13.0. The lowest BCUT2D eigenvalue weighted by Gasteiger charge is -1.98. The SMILES string of the molecule is N#Cc1c(I)ccc(S)c1F. The van der Waals surface area contributed by atoms with Crippen LogP contribution in [-0.2, 0) is 0 Å². The Kier molecular flexibility index (Phi) is 2.73. The molecule has 0 heterocycles. The molecule has 0 N–H and O–H groups in total. The van der Waals surface area contributed by atoms with Crippen molar-refractivity contribution < 1.29 is 4.39 Å². The van der Waals surface area contributed by atoms with E-state index in [1.54, 1.807) is 12.1 Å². The first-order chi connectivity index (χ1) is 5.16. The zero-order valence-corrected chi connectivity index (χ0v) is 8.36. The molecule has 0 aromatic heterocycles. The number of hydrogen-bond acceptors (Lipinski definition) is 2. The fourth-order valence-electron chi connectivity index (χ4n) is 0.644. The van der Waals surface area contributed by atoms with Gasteiger partial charge in [0.15, 0.2) is 5.82 Å². The maximum Gasteiger partial charge on any atom is 0.155 e. The number of halogens is 2. The van der Waals surface area contributed by atoms with E-state index in [1.807, 2.05) is 22.6 Å². The molecular weight excluding hydrogens is 276 g/mol. The minimum Gasteiger partial charge on any atom is -0.204 e. The predicted octanol–water partition coefficient (Wildman–Crippen LogP) is 2.59. The molecule has 0 fully saturated rings. The second-order valence-electron chi connectivity index (χ2n) is 1.87. The van der Waals surface area contributed by atoms with Crippen molar-refractivity contribution in [2.45, 2.75) is 4.90 Å². The lowest BCUT2D eigenvalue weighted by molar-refractivity contribution is 0.597. The highest BCUT2D eigenvalue weighted by atomic mass is 127. The van der Waals surface area contributed by atoms with Crippen LogP contribution in [0.5, 0.6) is 0 Å². The third kappa shape index (κ3) is 1.65. The van der Waals surface area contributed by atoms with Crippen LogP contribution in [-0.4, -0.2) is 0 Å². The van der Waals surface area contributed by atoms with E-state index in [2.05, 4.69) is 12.6 Å². The van der Waals surface area contributed by atoms with Gasteiger partial charge >= 0.3 is 0 Å². The first kappa shape index (κ1) is 8.81. The van der Waals surface area contributed by atoms with Crippen molar-refractivity contribution in [3.63, 3.8) is 0 Å². The molecule has 0 bridgehead atoms. The molecule has 4 heteroatoms. The molecule has 56 valence electrons. The molecule has 0 aliphatic rings. The van der Waals surface area contributed by atoms with Crippen molar-refractivity contribution in [3.05, 3.63) is 27.1 Å². The van der Waals surface area contributed by atoms with Crippen LogP contribution in [0, 0.1) is 20.7 Å². The summed E-state index contributed by atoms with van der Waals surface area (Å²) in [6.07, 6.45) is 0. The van der Waals surface area contributed by atoms with Gasteiger partial charge in [0.25, 0.3) is 0 Å². The fraction of sp³-hybridized carbons (Fsp3) is 0. The predicted molar refractivity (Wildman–Crippen MR) is 51.1 cm³/mol. The van der Waals surface area contributed by atoms with Gasteiger partial charge in [0.2, 0.25) is 0 Å². The van der Waals surface area contributed by atoms with E-state index in [0.29, 0.717) is 3.57 Å². The smallest absolute Gasteiger partial charge is 0.155 e. The van der Waals surface area contributed by atoms with E-state index in [1.165, 1.54) is 6.07 Å². The minimum absolute atomic E-state index is 0.0677. The highest BCUT2D eigenvalue weighted by Crippen LogP contribution is 2.20. The second kappa shape index (κ2) is 3.41. The van der Waals surface area contributed by atoms with Gasteiger partial charge in [-0.1, -0.05) is 0 Å². The zero-order chi connectivity index (χ0) is 8.43. The Morgan fingerprint density at radius 1 is 1.55 bits per heavy atom. The summed E-state index contributed by atoms with van der Waals surface area (Å²) in [4.78, 5) is 0.210. The summed E-state index contributed by atoms with van der Waals surface area (Å²) in [5.74, 6) is -0.539. The van der Waals surface area contributed by atoms with Gasteiger partial charge in [-0.05, 0) is 34.7 Å². The van der Waals surface area contributed by atoms with Gasteiger partial charge in [-0.2, -0.15) is 5.26 Å². The molecule has 0 saturated heterocycles. The number of rotatable bonds is 0. The average Bonchev–Trinajstić information content (AvgIpc) is 1.99. The highest BCUT2D eigenvalue weighted by molar-refractivity contribution is 14.1. The molecule has 1 nitrogen and oxygen atoms in total. The monoisotopic (exact) mass is 279 g/mol. The van der Waals surface area contributed by atoms with Crippen LogP contribution in [0.2, 0.25) is 0 Å². The Hall–Kier alpha value is -0.280. The Morgan fingerprint density at radius 2 is 2.18 bits per heavy atom. The minimum atomic E-state index is -0.539. The van der Waals surface area contributed by atoms with Crippen LogP contribution in [0.15, 0.2) is 17.0 Å². The van der Waals surface area contributed by atoms with Crippen molar-refractivity contribution >= 4 is 35.2 Å². The second-order valence-corrected chi connectivity index (χ2v) is 3.51. The van der Waals surface area contributed by atoms with E-state index in [4.69, 9.17) is 5.26 Å². The van der Waals surface area contributed by atoms with Crippen LogP contribution in [0.25, 0.3) is 0 Å². The average molecular weight is 279 g/mol. The molecule has 11 heavy (non-hydrogen) atoms. The van der Waals surface area contributed by atoms with E-state index in [0.717, 1.165) is 0 Å². The summed E-state index contributed by atoms with van der Waals surface area (Å²) in [5, 5.41) is 8.49. The van der Waals surface area contributed by atoms with Gasteiger partial charge in [0.05, 0.1) is 0 Å². The Balaban J connectivity index is 3.44. The van der Waals surface area contributed by atoms with Gasteiger partial charge in [0.1, 0.15) is 11.6 Å². The van der Waals surface area contributed by atoms with Gasteiger partial charge in [-0.25, -0.2) is 4.39 Å². The van der Waals surface area contributed by atoms with E-state index in [-0.39, 0.29) is 10.5 Å². The Bertz CT molecular complexity index is 332. The quantitative estimate of drug-likeness (QED) is 0.572. The molecule has 0 unspecified atom stereocenters. The largest absolute Gasteiger partial charge is 0.204 e. The number of nitrogens with zero attached hydrogens (tertiary/aromatic N) is 1. The van der Waals surface area contributed by atoms with Crippen molar-refractivity contribution in [1.29, 1.82) is 5.26 Å². The van der Waals surface area contributed by atoms with Crippen LogP contribution < -0.4 is 0 Å². The van der Waals surface area contributed by atoms with Crippen molar-refractivity contribution in [3.8, 4) is 6.07 Å². The maximum atomic E-state index is 13.0. The molecule has 0 spiro atoms. The summed E-state index contributed by atoms with van der Waals surface area (Å²) in [6.45, 7) is 0. The molecule has 0 aliphatic heterocycles. The van der Waals surface area contributed by atoms with E-state index < -0.39 is 5.82 Å². The molecule has 1 aromatic carbocycles. The van der Waals surface area contributed by atoms with Crippen LogP contribution in [0.3, 0.4) is 0 Å². The molecule has 0 amide bonds. The van der Waals surface area contributed by atoms with Crippen molar-refractivity contribution in [2.24, 2.45) is 0 Å². The molecule has 0 radical (unpaired) electrons. The van der Waals surface area contributed by atoms with Crippen LogP contribution in [0.1, 0.15) is 5.56 Å². The lowest BCUT2D eigenvalue weighted by atomic mass is 10.2. The number of benzene rings is 1.